The van der Waals surface area contributed by atoms with Crippen LogP contribution in [0.1, 0.15) is 19.3 Å². The Morgan fingerprint density at radius 3 is 3.00 bits per heavy atom. The standard InChI is InChI=1S/C17H21N3O3S2/c21-25(22,16-6-3-10-24-16)20-9-4-7-17(13-20)11-14(12-23-17)19-15-5-1-2-8-18-15/h1-3,5-6,8,10,14H,4,7,9,11-13H2,(H,18,19). The van der Waals surface area contributed by atoms with Gasteiger partial charge in [-0.1, -0.05) is 12.1 Å². The van der Waals surface area contributed by atoms with Gasteiger partial charge in [0.15, 0.2) is 0 Å². The van der Waals surface area contributed by atoms with Crippen molar-refractivity contribution in [1.29, 1.82) is 0 Å². The maximum absolute atomic E-state index is 12.8. The molecule has 1 spiro atoms. The maximum atomic E-state index is 12.8. The number of rotatable bonds is 4. The highest BCUT2D eigenvalue weighted by Crippen LogP contribution is 2.37. The lowest BCUT2D eigenvalue weighted by Crippen LogP contribution is -2.50. The first-order valence-corrected chi connectivity index (χ1v) is 10.7. The zero-order valence-electron chi connectivity index (χ0n) is 13.8. The fraction of sp³-hybridized carbons (Fsp3) is 0.471. The Bertz CT molecular complexity index is 811. The lowest BCUT2D eigenvalue weighted by atomic mass is 9.90. The average molecular weight is 380 g/mol. The van der Waals surface area contributed by atoms with Gasteiger partial charge in [0.2, 0.25) is 0 Å². The van der Waals surface area contributed by atoms with Gasteiger partial charge in [0.1, 0.15) is 10.0 Å². The molecule has 2 aromatic rings. The summed E-state index contributed by atoms with van der Waals surface area (Å²) >= 11 is 1.27. The Balaban J connectivity index is 1.46. The summed E-state index contributed by atoms with van der Waals surface area (Å²) in [6.07, 6.45) is 4.26. The Kier molecular flexibility index (Phi) is 4.53. The number of nitrogens with zero attached hydrogens (tertiary/aromatic N) is 2. The molecule has 134 valence electrons. The molecular formula is C17H21N3O3S2. The lowest BCUT2D eigenvalue weighted by Gasteiger charge is -2.38. The van der Waals surface area contributed by atoms with Crippen molar-refractivity contribution in [2.75, 3.05) is 25.0 Å². The van der Waals surface area contributed by atoms with Crippen LogP contribution in [-0.4, -0.2) is 49.0 Å². The van der Waals surface area contributed by atoms with Gasteiger partial charge in [-0.3, -0.25) is 0 Å². The van der Waals surface area contributed by atoms with E-state index in [1.54, 1.807) is 28.0 Å². The number of hydrogen-bond acceptors (Lipinski definition) is 6. The van der Waals surface area contributed by atoms with E-state index in [0.29, 0.717) is 23.9 Å². The van der Waals surface area contributed by atoms with Crippen molar-refractivity contribution < 1.29 is 13.2 Å². The molecule has 1 N–H and O–H groups in total. The fourth-order valence-electron chi connectivity index (χ4n) is 3.68. The molecule has 0 aliphatic carbocycles. The van der Waals surface area contributed by atoms with Gasteiger partial charge in [-0.25, -0.2) is 13.4 Å². The van der Waals surface area contributed by atoms with E-state index in [-0.39, 0.29) is 6.04 Å². The van der Waals surface area contributed by atoms with Gasteiger partial charge >= 0.3 is 0 Å². The highest BCUT2D eigenvalue weighted by Gasteiger charge is 2.46. The quantitative estimate of drug-likeness (QED) is 0.884. The normalized spacial score (nSPS) is 27.6. The molecule has 0 bridgehead atoms. The fourth-order valence-corrected chi connectivity index (χ4v) is 6.38. The summed E-state index contributed by atoms with van der Waals surface area (Å²) in [4.78, 5) is 4.29. The molecule has 2 aliphatic heterocycles. The van der Waals surface area contributed by atoms with E-state index in [4.69, 9.17) is 4.74 Å². The van der Waals surface area contributed by atoms with Crippen LogP contribution < -0.4 is 5.32 Å². The third-order valence-electron chi connectivity index (χ3n) is 4.82. The smallest absolute Gasteiger partial charge is 0.252 e. The van der Waals surface area contributed by atoms with E-state index in [2.05, 4.69) is 10.3 Å². The highest BCUT2D eigenvalue weighted by atomic mass is 32.2. The van der Waals surface area contributed by atoms with Crippen LogP contribution in [0, 0.1) is 0 Å². The molecule has 0 saturated carbocycles. The third-order valence-corrected chi connectivity index (χ3v) is 8.04. The van der Waals surface area contributed by atoms with Crippen LogP contribution in [0.15, 0.2) is 46.1 Å². The van der Waals surface area contributed by atoms with Crippen LogP contribution in [-0.2, 0) is 14.8 Å². The van der Waals surface area contributed by atoms with E-state index in [1.807, 2.05) is 18.2 Å². The molecule has 4 rings (SSSR count). The topological polar surface area (TPSA) is 71.5 Å². The molecule has 2 saturated heterocycles. The number of aromatic nitrogens is 1. The minimum Gasteiger partial charge on any atom is -0.371 e. The second kappa shape index (κ2) is 6.68. The van der Waals surface area contributed by atoms with E-state index in [1.165, 1.54) is 11.3 Å². The first-order chi connectivity index (χ1) is 12.1. The van der Waals surface area contributed by atoms with Gasteiger partial charge < -0.3 is 10.1 Å². The Morgan fingerprint density at radius 2 is 2.24 bits per heavy atom. The molecule has 25 heavy (non-hydrogen) atoms. The molecule has 0 radical (unpaired) electrons. The number of anilines is 1. The summed E-state index contributed by atoms with van der Waals surface area (Å²) < 4.78 is 33.7. The van der Waals surface area contributed by atoms with Crippen molar-refractivity contribution in [2.24, 2.45) is 0 Å². The second-order valence-electron chi connectivity index (χ2n) is 6.63. The van der Waals surface area contributed by atoms with Crippen LogP contribution in [0.25, 0.3) is 0 Å². The van der Waals surface area contributed by atoms with Gasteiger partial charge in [-0.15, -0.1) is 11.3 Å². The first kappa shape index (κ1) is 17.0. The van der Waals surface area contributed by atoms with Crippen LogP contribution >= 0.6 is 11.3 Å². The molecule has 2 atom stereocenters. The number of hydrogen-bond donors (Lipinski definition) is 1. The van der Waals surface area contributed by atoms with Crippen molar-refractivity contribution in [1.82, 2.24) is 9.29 Å². The van der Waals surface area contributed by atoms with Gasteiger partial charge in [-0.05, 0) is 36.4 Å². The van der Waals surface area contributed by atoms with Crippen molar-refractivity contribution in [2.45, 2.75) is 35.1 Å². The third kappa shape index (κ3) is 3.44. The number of pyridine rings is 1. The summed E-state index contributed by atoms with van der Waals surface area (Å²) in [5.41, 5.74) is -0.394. The molecule has 2 aliphatic rings. The summed E-state index contributed by atoms with van der Waals surface area (Å²) in [5.74, 6) is 0.826. The second-order valence-corrected chi connectivity index (χ2v) is 9.74. The summed E-state index contributed by atoms with van der Waals surface area (Å²) in [6, 6.07) is 9.35. The van der Waals surface area contributed by atoms with E-state index in [0.717, 1.165) is 25.1 Å². The summed E-state index contributed by atoms with van der Waals surface area (Å²) in [7, 11) is -3.42. The molecule has 2 aromatic heterocycles. The number of sulfonamides is 1. The number of piperidine rings is 1. The molecule has 8 heteroatoms. The Hall–Kier alpha value is -1.48. The van der Waals surface area contributed by atoms with Gasteiger partial charge in [0.25, 0.3) is 10.0 Å². The largest absolute Gasteiger partial charge is 0.371 e. The minimum atomic E-state index is -3.42. The van der Waals surface area contributed by atoms with Gasteiger partial charge in [-0.2, -0.15) is 4.31 Å². The molecular weight excluding hydrogens is 358 g/mol. The molecule has 0 amide bonds. The predicted molar refractivity (Wildman–Crippen MR) is 97.3 cm³/mol. The molecule has 2 unspecified atom stereocenters. The zero-order chi connectivity index (χ0) is 17.3. The highest BCUT2D eigenvalue weighted by molar-refractivity contribution is 7.91. The zero-order valence-corrected chi connectivity index (χ0v) is 15.4. The maximum Gasteiger partial charge on any atom is 0.252 e. The monoisotopic (exact) mass is 379 g/mol. The lowest BCUT2D eigenvalue weighted by molar-refractivity contribution is -0.0329. The predicted octanol–water partition coefficient (Wildman–Crippen LogP) is 2.57. The minimum absolute atomic E-state index is 0.152. The Morgan fingerprint density at radius 1 is 1.32 bits per heavy atom. The number of thiophene rings is 1. The van der Waals surface area contributed by atoms with Crippen LogP contribution in [0.4, 0.5) is 5.82 Å². The summed E-state index contributed by atoms with van der Waals surface area (Å²) in [6.45, 7) is 1.56. The van der Waals surface area contributed by atoms with Crippen molar-refractivity contribution in [3.63, 3.8) is 0 Å². The molecule has 0 aromatic carbocycles. The number of nitrogens with one attached hydrogen (secondary N) is 1. The van der Waals surface area contributed by atoms with Crippen molar-refractivity contribution in [3.05, 3.63) is 41.9 Å². The Labute approximate surface area is 151 Å². The van der Waals surface area contributed by atoms with Crippen LogP contribution in [0.2, 0.25) is 0 Å². The molecule has 6 nitrogen and oxygen atoms in total. The average Bonchev–Trinajstić information content (AvgIpc) is 3.27. The van der Waals surface area contributed by atoms with Gasteiger partial charge in [0, 0.05) is 25.7 Å². The van der Waals surface area contributed by atoms with Crippen LogP contribution in [0.3, 0.4) is 0 Å². The van der Waals surface area contributed by atoms with E-state index >= 15 is 0 Å². The summed E-state index contributed by atoms with van der Waals surface area (Å²) in [5, 5.41) is 5.19. The van der Waals surface area contributed by atoms with Crippen molar-refractivity contribution >= 4 is 27.2 Å². The van der Waals surface area contributed by atoms with E-state index in [9.17, 15) is 8.42 Å². The molecule has 4 heterocycles. The van der Waals surface area contributed by atoms with E-state index < -0.39 is 15.6 Å². The van der Waals surface area contributed by atoms with Gasteiger partial charge in [0.05, 0.1) is 18.2 Å². The first-order valence-electron chi connectivity index (χ1n) is 8.43. The molecule has 2 fully saturated rings. The SMILES string of the molecule is O=S(=O)(c1cccs1)N1CCCC2(CC(Nc3ccccn3)CO2)C1. The van der Waals surface area contributed by atoms with Crippen molar-refractivity contribution in [3.8, 4) is 0 Å². The number of ether oxygens (including phenoxy) is 1. The van der Waals surface area contributed by atoms with Crippen LogP contribution in [0.5, 0.6) is 0 Å².